The molecule has 0 saturated carbocycles. The first kappa shape index (κ1) is 21.5. The maximum Gasteiger partial charge on any atom is 0.319 e. The van der Waals surface area contributed by atoms with E-state index in [9.17, 15) is 9.59 Å². The summed E-state index contributed by atoms with van der Waals surface area (Å²) in [7, 11) is 4.43. The number of hydrogen-bond acceptors (Lipinski definition) is 9. The van der Waals surface area contributed by atoms with E-state index < -0.39 is 5.97 Å². The van der Waals surface area contributed by atoms with Crippen LogP contribution in [-0.2, 0) is 20.9 Å². The van der Waals surface area contributed by atoms with Gasteiger partial charge in [-0.25, -0.2) is 0 Å². The molecule has 0 bridgehead atoms. The zero-order chi connectivity index (χ0) is 21.5. The Labute approximate surface area is 177 Å². The summed E-state index contributed by atoms with van der Waals surface area (Å²) in [4.78, 5) is 26.2. The number of nitrogens with one attached hydrogen (secondary N) is 1. The van der Waals surface area contributed by atoms with Gasteiger partial charge in [0.25, 0.3) is 0 Å². The molecule has 0 spiro atoms. The van der Waals surface area contributed by atoms with E-state index in [1.54, 1.807) is 37.3 Å². The number of carbonyl (C=O) groups excluding carboxylic acids is 2. The van der Waals surface area contributed by atoms with Crippen LogP contribution in [0.15, 0.2) is 36.4 Å². The zero-order valence-electron chi connectivity index (χ0n) is 16.9. The molecule has 158 valence electrons. The fourth-order valence-corrected chi connectivity index (χ4v) is 3.48. The Bertz CT molecular complexity index is 1020. The third-order valence-corrected chi connectivity index (χ3v) is 4.87. The van der Waals surface area contributed by atoms with Crippen LogP contribution in [0.5, 0.6) is 11.5 Å². The number of hydrogen-bond donors (Lipinski definition) is 1. The quantitative estimate of drug-likeness (QED) is 0.516. The molecule has 2 aromatic carbocycles. The molecule has 10 heteroatoms. The summed E-state index contributed by atoms with van der Waals surface area (Å²) in [5.74, 6) is 0.516. The van der Waals surface area contributed by atoms with E-state index in [1.807, 2.05) is 18.2 Å². The first-order valence-electron chi connectivity index (χ1n) is 9.04. The standard InChI is InChI=1S/C20H22N4O5S/c1-27-14-7-13(8-15(9-14)28-2)10-24(12-19(26)29-3)11-18(25)21-16-5-4-6-17-20(16)23-30-22-17/h4-9H,10-12H2,1-3H3,(H,21,25). The van der Waals surface area contributed by atoms with Gasteiger partial charge < -0.3 is 19.5 Å². The summed E-state index contributed by atoms with van der Waals surface area (Å²) in [6.45, 7) is 0.243. The number of carbonyl (C=O) groups is 2. The number of ether oxygens (including phenoxy) is 3. The van der Waals surface area contributed by atoms with Crippen molar-refractivity contribution in [2.45, 2.75) is 6.54 Å². The van der Waals surface area contributed by atoms with Gasteiger partial charge in [0.15, 0.2) is 0 Å². The lowest BCUT2D eigenvalue weighted by atomic mass is 10.2. The van der Waals surface area contributed by atoms with Crippen LogP contribution < -0.4 is 14.8 Å². The predicted octanol–water partition coefficient (Wildman–Crippen LogP) is 2.32. The summed E-state index contributed by atoms with van der Waals surface area (Å²) in [5, 5.41) is 2.85. The molecule has 1 aromatic heterocycles. The summed E-state index contributed by atoms with van der Waals surface area (Å²) in [6, 6.07) is 10.8. The summed E-state index contributed by atoms with van der Waals surface area (Å²) in [6.07, 6.45) is 0. The van der Waals surface area contributed by atoms with Crippen molar-refractivity contribution in [1.29, 1.82) is 0 Å². The molecule has 0 atom stereocenters. The van der Waals surface area contributed by atoms with Gasteiger partial charge in [0.1, 0.15) is 22.5 Å². The van der Waals surface area contributed by atoms with Gasteiger partial charge in [-0.2, -0.15) is 8.75 Å². The molecule has 0 unspecified atom stereocenters. The molecule has 1 heterocycles. The molecule has 0 aliphatic heterocycles. The summed E-state index contributed by atoms with van der Waals surface area (Å²) >= 11 is 1.08. The van der Waals surface area contributed by atoms with Gasteiger partial charge >= 0.3 is 5.97 Å². The fraction of sp³-hybridized carbons (Fsp3) is 0.300. The SMILES string of the molecule is COC(=O)CN(CC(=O)Nc1cccc2nsnc12)Cc1cc(OC)cc(OC)c1. The minimum absolute atomic E-state index is 0.0252. The van der Waals surface area contributed by atoms with Crippen LogP contribution in [-0.4, -0.2) is 59.9 Å². The molecule has 0 radical (unpaired) electrons. The number of benzene rings is 2. The minimum Gasteiger partial charge on any atom is -0.497 e. The Morgan fingerprint density at radius 2 is 1.77 bits per heavy atom. The number of methoxy groups -OCH3 is 3. The monoisotopic (exact) mass is 430 g/mol. The lowest BCUT2D eigenvalue weighted by Gasteiger charge is -2.21. The van der Waals surface area contributed by atoms with Gasteiger partial charge in [-0.05, 0) is 29.8 Å². The highest BCUT2D eigenvalue weighted by Gasteiger charge is 2.18. The van der Waals surface area contributed by atoms with E-state index in [2.05, 4.69) is 14.1 Å². The number of rotatable bonds is 9. The largest absolute Gasteiger partial charge is 0.497 e. The fourth-order valence-electron chi connectivity index (χ4n) is 2.93. The van der Waals surface area contributed by atoms with Gasteiger partial charge in [-0.1, -0.05) is 6.07 Å². The van der Waals surface area contributed by atoms with Crippen LogP contribution in [0.2, 0.25) is 0 Å². The summed E-state index contributed by atoms with van der Waals surface area (Å²) in [5.41, 5.74) is 2.75. The highest BCUT2D eigenvalue weighted by molar-refractivity contribution is 7.00. The molecular formula is C20H22N4O5S. The topological polar surface area (TPSA) is 103 Å². The molecule has 9 nitrogen and oxygen atoms in total. The zero-order valence-corrected chi connectivity index (χ0v) is 17.7. The Kier molecular flexibility index (Phi) is 7.15. The number of esters is 1. The Morgan fingerprint density at radius 3 is 2.43 bits per heavy atom. The van der Waals surface area contributed by atoms with Crippen LogP contribution >= 0.6 is 11.7 Å². The van der Waals surface area contributed by atoms with Crippen LogP contribution in [0.4, 0.5) is 5.69 Å². The highest BCUT2D eigenvalue weighted by Crippen LogP contribution is 2.24. The first-order valence-corrected chi connectivity index (χ1v) is 9.77. The van der Waals surface area contributed by atoms with E-state index in [-0.39, 0.29) is 19.0 Å². The second-order valence-corrected chi connectivity index (χ2v) is 6.96. The van der Waals surface area contributed by atoms with Crippen molar-refractivity contribution >= 4 is 40.3 Å². The van der Waals surface area contributed by atoms with E-state index in [0.29, 0.717) is 34.8 Å². The van der Waals surface area contributed by atoms with Crippen molar-refractivity contribution in [1.82, 2.24) is 13.6 Å². The molecule has 1 amide bonds. The van der Waals surface area contributed by atoms with Crippen LogP contribution in [0.25, 0.3) is 11.0 Å². The Morgan fingerprint density at radius 1 is 1.03 bits per heavy atom. The normalized spacial score (nSPS) is 10.8. The average Bonchev–Trinajstić information content (AvgIpc) is 3.23. The Hall–Kier alpha value is -3.24. The van der Waals surface area contributed by atoms with E-state index >= 15 is 0 Å². The molecule has 0 fully saturated rings. The second-order valence-electron chi connectivity index (χ2n) is 6.43. The molecule has 30 heavy (non-hydrogen) atoms. The molecule has 0 aliphatic rings. The van der Waals surface area contributed by atoms with Crippen LogP contribution in [0, 0.1) is 0 Å². The van der Waals surface area contributed by atoms with Gasteiger partial charge in [0.05, 0.1) is 51.8 Å². The van der Waals surface area contributed by atoms with Crippen molar-refractivity contribution in [3.63, 3.8) is 0 Å². The molecule has 0 saturated heterocycles. The number of fused-ring (bicyclic) bond motifs is 1. The first-order chi connectivity index (χ1) is 14.5. The smallest absolute Gasteiger partial charge is 0.319 e. The average molecular weight is 430 g/mol. The lowest BCUT2D eigenvalue weighted by molar-refractivity contribution is -0.142. The van der Waals surface area contributed by atoms with Crippen molar-refractivity contribution in [3.8, 4) is 11.5 Å². The summed E-state index contributed by atoms with van der Waals surface area (Å²) < 4.78 is 23.8. The maximum absolute atomic E-state index is 12.7. The van der Waals surface area contributed by atoms with E-state index in [0.717, 1.165) is 17.3 Å². The van der Waals surface area contributed by atoms with Crippen molar-refractivity contribution in [2.75, 3.05) is 39.7 Å². The number of anilines is 1. The minimum atomic E-state index is -0.441. The van der Waals surface area contributed by atoms with Gasteiger partial charge in [0.2, 0.25) is 5.91 Å². The molecule has 3 aromatic rings. The number of nitrogens with zero attached hydrogens (tertiary/aromatic N) is 3. The van der Waals surface area contributed by atoms with E-state index in [1.165, 1.54) is 7.11 Å². The highest BCUT2D eigenvalue weighted by atomic mass is 32.1. The van der Waals surface area contributed by atoms with Crippen molar-refractivity contribution in [2.24, 2.45) is 0 Å². The second kappa shape index (κ2) is 9.99. The molecule has 3 rings (SSSR count). The third-order valence-electron chi connectivity index (χ3n) is 4.33. The van der Waals surface area contributed by atoms with Crippen molar-refractivity contribution < 1.29 is 23.8 Å². The number of amides is 1. The van der Waals surface area contributed by atoms with Crippen LogP contribution in [0.1, 0.15) is 5.56 Å². The number of aromatic nitrogens is 2. The lowest BCUT2D eigenvalue weighted by Crippen LogP contribution is -2.37. The molecule has 1 N–H and O–H groups in total. The van der Waals surface area contributed by atoms with Gasteiger partial charge in [-0.3, -0.25) is 14.5 Å². The Balaban J connectivity index is 1.76. The van der Waals surface area contributed by atoms with Crippen molar-refractivity contribution in [3.05, 3.63) is 42.0 Å². The van der Waals surface area contributed by atoms with Gasteiger partial charge in [-0.15, -0.1) is 0 Å². The molecule has 0 aliphatic carbocycles. The van der Waals surface area contributed by atoms with Gasteiger partial charge in [0, 0.05) is 12.6 Å². The maximum atomic E-state index is 12.7. The molecular weight excluding hydrogens is 408 g/mol. The van der Waals surface area contributed by atoms with E-state index in [4.69, 9.17) is 14.2 Å². The van der Waals surface area contributed by atoms with Crippen LogP contribution in [0.3, 0.4) is 0 Å². The third kappa shape index (κ3) is 5.43. The predicted molar refractivity (Wildman–Crippen MR) is 113 cm³/mol.